The first kappa shape index (κ1) is 13.7. The summed E-state index contributed by atoms with van der Waals surface area (Å²) in [4.78, 5) is 14.5. The molecule has 0 aliphatic carbocycles. The lowest BCUT2D eigenvalue weighted by Gasteiger charge is -2.29. The summed E-state index contributed by atoms with van der Waals surface area (Å²) in [6, 6.07) is 5.33. The van der Waals surface area contributed by atoms with Crippen molar-refractivity contribution in [3.63, 3.8) is 0 Å². The van der Waals surface area contributed by atoms with Crippen molar-refractivity contribution in [3.05, 3.63) is 23.8 Å². The second kappa shape index (κ2) is 5.93. The van der Waals surface area contributed by atoms with Crippen molar-refractivity contribution < 1.29 is 9.53 Å². The zero-order valence-electron chi connectivity index (χ0n) is 11.5. The number of anilines is 1. The van der Waals surface area contributed by atoms with Crippen molar-refractivity contribution in [1.29, 1.82) is 0 Å². The van der Waals surface area contributed by atoms with E-state index in [9.17, 15) is 4.79 Å². The summed E-state index contributed by atoms with van der Waals surface area (Å²) < 4.78 is 5.20. The third-order valence-electron chi connectivity index (χ3n) is 3.52. The molecule has 0 saturated carbocycles. The lowest BCUT2D eigenvalue weighted by molar-refractivity contribution is 0.0914. The minimum absolute atomic E-state index is 0.0913. The molecule has 0 atom stereocenters. The molecule has 19 heavy (non-hydrogen) atoms. The summed E-state index contributed by atoms with van der Waals surface area (Å²) >= 11 is 0. The highest BCUT2D eigenvalue weighted by Gasteiger charge is 2.20. The molecule has 0 unspecified atom stereocenters. The molecule has 1 heterocycles. The zero-order chi connectivity index (χ0) is 13.8. The highest BCUT2D eigenvalue weighted by molar-refractivity contribution is 5.97. The number of hydrogen-bond donors (Lipinski definition) is 2. The van der Waals surface area contributed by atoms with Gasteiger partial charge in [-0.3, -0.25) is 4.79 Å². The van der Waals surface area contributed by atoms with Gasteiger partial charge in [0.05, 0.1) is 12.7 Å². The Kier molecular flexibility index (Phi) is 4.27. The van der Waals surface area contributed by atoms with Gasteiger partial charge in [0.25, 0.3) is 5.91 Å². The number of nitrogens with zero attached hydrogens (tertiary/aromatic N) is 1. The molecule has 3 N–H and O–H groups in total. The molecule has 1 aliphatic heterocycles. The molecule has 2 rings (SSSR count). The van der Waals surface area contributed by atoms with Crippen molar-refractivity contribution in [2.24, 2.45) is 0 Å². The molecule has 0 aromatic heterocycles. The SMILES string of the molecule is COc1cc(N)ccc1C(=O)NC1CCN(C)CC1. The van der Waals surface area contributed by atoms with Crippen LogP contribution in [0.1, 0.15) is 23.2 Å². The maximum absolute atomic E-state index is 12.2. The van der Waals surface area contributed by atoms with Gasteiger partial charge in [0.1, 0.15) is 5.75 Å². The molecule has 104 valence electrons. The lowest BCUT2D eigenvalue weighted by atomic mass is 10.0. The Bertz CT molecular complexity index is 454. The van der Waals surface area contributed by atoms with E-state index in [0.717, 1.165) is 25.9 Å². The Labute approximate surface area is 113 Å². The Hall–Kier alpha value is -1.75. The van der Waals surface area contributed by atoms with Gasteiger partial charge in [0, 0.05) is 17.8 Å². The van der Waals surface area contributed by atoms with Gasteiger partial charge in [-0.15, -0.1) is 0 Å². The van der Waals surface area contributed by atoms with Crippen molar-refractivity contribution in [2.75, 3.05) is 33.0 Å². The number of benzene rings is 1. The van der Waals surface area contributed by atoms with Crippen molar-refractivity contribution >= 4 is 11.6 Å². The van der Waals surface area contributed by atoms with Crippen LogP contribution in [0.25, 0.3) is 0 Å². The van der Waals surface area contributed by atoms with E-state index in [1.54, 1.807) is 25.3 Å². The Morgan fingerprint density at radius 1 is 1.42 bits per heavy atom. The molecule has 1 aliphatic rings. The van der Waals surface area contributed by atoms with Gasteiger partial charge in [0.2, 0.25) is 0 Å². The number of ether oxygens (including phenoxy) is 1. The second-order valence-electron chi connectivity index (χ2n) is 5.01. The van der Waals surface area contributed by atoms with Crippen LogP contribution in [-0.2, 0) is 0 Å². The molecule has 0 spiro atoms. The summed E-state index contributed by atoms with van der Waals surface area (Å²) in [7, 11) is 3.64. The molecular formula is C14H21N3O2. The third kappa shape index (κ3) is 3.38. The fourth-order valence-electron chi connectivity index (χ4n) is 2.31. The lowest BCUT2D eigenvalue weighted by Crippen LogP contribution is -2.43. The molecule has 0 bridgehead atoms. The third-order valence-corrected chi connectivity index (χ3v) is 3.52. The number of likely N-dealkylation sites (tertiary alicyclic amines) is 1. The van der Waals surface area contributed by atoms with E-state index in [1.165, 1.54) is 0 Å². The standard InChI is InChI=1S/C14H21N3O2/c1-17-7-5-11(6-8-17)16-14(18)12-4-3-10(15)9-13(12)19-2/h3-4,9,11H,5-8,15H2,1-2H3,(H,16,18). The van der Waals surface area contributed by atoms with Crippen molar-refractivity contribution in [1.82, 2.24) is 10.2 Å². The molecule has 5 nitrogen and oxygen atoms in total. The van der Waals surface area contributed by atoms with Gasteiger partial charge in [-0.1, -0.05) is 0 Å². The monoisotopic (exact) mass is 263 g/mol. The quantitative estimate of drug-likeness (QED) is 0.801. The first-order valence-corrected chi connectivity index (χ1v) is 6.53. The minimum atomic E-state index is -0.0913. The van der Waals surface area contributed by atoms with E-state index >= 15 is 0 Å². The number of nitrogens with two attached hydrogens (primary N) is 1. The van der Waals surface area contributed by atoms with Gasteiger partial charge in [0.15, 0.2) is 0 Å². The number of nitrogens with one attached hydrogen (secondary N) is 1. The Morgan fingerprint density at radius 3 is 2.74 bits per heavy atom. The molecule has 1 aromatic rings. The first-order chi connectivity index (χ1) is 9.10. The fourth-order valence-corrected chi connectivity index (χ4v) is 2.31. The van der Waals surface area contributed by atoms with E-state index in [2.05, 4.69) is 17.3 Å². The number of carbonyl (C=O) groups excluding carboxylic acids is 1. The van der Waals surface area contributed by atoms with Crippen LogP contribution >= 0.6 is 0 Å². The molecule has 5 heteroatoms. The predicted octanol–water partition coefficient (Wildman–Crippen LogP) is 1.10. The van der Waals surface area contributed by atoms with Crippen LogP contribution in [0, 0.1) is 0 Å². The van der Waals surface area contributed by atoms with Crippen LogP contribution in [0.5, 0.6) is 5.75 Å². The molecule has 1 aromatic carbocycles. The van der Waals surface area contributed by atoms with Crippen LogP contribution in [0.3, 0.4) is 0 Å². The van der Waals surface area contributed by atoms with Crippen LogP contribution in [0.2, 0.25) is 0 Å². The van der Waals surface area contributed by atoms with E-state index in [4.69, 9.17) is 10.5 Å². The summed E-state index contributed by atoms with van der Waals surface area (Å²) in [5, 5.41) is 3.06. The first-order valence-electron chi connectivity index (χ1n) is 6.53. The van der Waals surface area contributed by atoms with E-state index in [-0.39, 0.29) is 11.9 Å². The van der Waals surface area contributed by atoms with Gasteiger partial charge in [-0.2, -0.15) is 0 Å². The maximum atomic E-state index is 12.2. The number of methoxy groups -OCH3 is 1. The van der Waals surface area contributed by atoms with Crippen molar-refractivity contribution in [2.45, 2.75) is 18.9 Å². The van der Waals surface area contributed by atoms with Gasteiger partial charge >= 0.3 is 0 Å². The number of rotatable bonds is 3. The Balaban J connectivity index is 2.03. The van der Waals surface area contributed by atoms with Gasteiger partial charge in [-0.05, 0) is 45.1 Å². The molecule has 0 radical (unpaired) electrons. The average molecular weight is 263 g/mol. The number of amides is 1. The van der Waals surface area contributed by atoms with E-state index < -0.39 is 0 Å². The summed E-state index contributed by atoms with van der Waals surface area (Å²) in [6.07, 6.45) is 1.97. The van der Waals surface area contributed by atoms with Crippen LogP contribution in [0.15, 0.2) is 18.2 Å². The van der Waals surface area contributed by atoms with Crippen LogP contribution < -0.4 is 15.8 Å². The summed E-state index contributed by atoms with van der Waals surface area (Å²) in [5.41, 5.74) is 6.81. The fraction of sp³-hybridized carbons (Fsp3) is 0.500. The highest BCUT2D eigenvalue weighted by atomic mass is 16.5. The van der Waals surface area contributed by atoms with Gasteiger partial charge in [-0.25, -0.2) is 0 Å². The normalized spacial score (nSPS) is 17.2. The number of hydrogen-bond acceptors (Lipinski definition) is 4. The second-order valence-corrected chi connectivity index (χ2v) is 5.01. The number of nitrogen functional groups attached to an aromatic ring is 1. The molecular weight excluding hydrogens is 242 g/mol. The summed E-state index contributed by atoms with van der Waals surface area (Å²) in [5.74, 6) is 0.428. The van der Waals surface area contributed by atoms with E-state index in [0.29, 0.717) is 17.0 Å². The highest BCUT2D eigenvalue weighted by Crippen LogP contribution is 2.22. The van der Waals surface area contributed by atoms with Crippen LogP contribution in [0.4, 0.5) is 5.69 Å². The topological polar surface area (TPSA) is 67.6 Å². The molecule has 1 amide bonds. The minimum Gasteiger partial charge on any atom is -0.496 e. The molecule has 1 saturated heterocycles. The summed E-state index contributed by atoms with van der Waals surface area (Å²) in [6.45, 7) is 2.04. The van der Waals surface area contributed by atoms with E-state index in [1.807, 2.05) is 0 Å². The van der Waals surface area contributed by atoms with Crippen molar-refractivity contribution in [3.8, 4) is 5.75 Å². The van der Waals surface area contributed by atoms with Crippen LogP contribution in [-0.4, -0.2) is 44.1 Å². The average Bonchev–Trinajstić information content (AvgIpc) is 2.41. The van der Waals surface area contributed by atoms with Gasteiger partial charge < -0.3 is 20.7 Å². The number of carbonyl (C=O) groups is 1. The molecule has 1 fully saturated rings. The Morgan fingerprint density at radius 2 is 2.11 bits per heavy atom. The maximum Gasteiger partial charge on any atom is 0.255 e. The number of piperidine rings is 1. The predicted molar refractivity (Wildman–Crippen MR) is 75.4 cm³/mol. The largest absolute Gasteiger partial charge is 0.496 e. The smallest absolute Gasteiger partial charge is 0.255 e. The zero-order valence-corrected chi connectivity index (χ0v) is 11.5.